The number of carbonyl (C=O) groups is 2. The first-order valence-electron chi connectivity index (χ1n) is 9.07. The Kier molecular flexibility index (Phi) is 5.57. The second-order valence-electron chi connectivity index (χ2n) is 6.30. The Labute approximate surface area is 166 Å². The SMILES string of the molecule is O=C(N/N=C/c1ccc(OC(=O)N2CCOCC2)cc1)c1ccc2c(c1)OCO2. The first-order valence-corrected chi connectivity index (χ1v) is 9.07. The molecular weight excluding hydrogens is 378 g/mol. The molecule has 2 aliphatic rings. The Bertz CT molecular complexity index is 922. The fourth-order valence-corrected chi connectivity index (χ4v) is 2.80. The van der Waals surface area contributed by atoms with Crippen LogP contribution in [0.4, 0.5) is 4.79 Å². The van der Waals surface area contributed by atoms with Gasteiger partial charge in [-0.1, -0.05) is 0 Å². The average molecular weight is 397 g/mol. The molecule has 2 aromatic carbocycles. The van der Waals surface area contributed by atoms with E-state index in [1.54, 1.807) is 47.4 Å². The summed E-state index contributed by atoms with van der Waals surface area (Å²) in [6.07, 6.45) is 1.10. The number of hydrazone groups is 1. The lowest BCUT2D eigenvalue weighted by atomic mass is 10.2. The molecule has 2 heterocycles. The van der Waals surface area contributed by atoms with Gasteiger partial charge < -0.3 is 23.8 Å². The van der Waals surface area contributed by atoms with Crippen molar-refractivity contribution in [3.63, 3.8) is 0 Å². The normalized spacial score (nSPS) is 15.4. The predicted octanol–water partition coefficient (Wildman–Crippen LogP) is 2.01. The van der Waals surface area contributed by atoms with Gasteiger partial charge in [0.1, 0.15) is 5.75 Å². The Balaban J connectivity index is 1.29. The van der Waals surface area contributed by atoms with E-state index in [0.717, 1.165) is 5.56 Å². The van der Waals surface area contributed by atoms with Gasteiger partial charge in [0.2, 0.25) is 6.79 Å². The Morgan fingerprint density at radius 3 is 2.59 bits per heavy atom. The molecule has 0 aromatic heterocycles. The minimum atomic E-state index is -0.397. The zero-order chi connectivity index (χ0) is 20.1. The fourth-order valence-electron chi connectivity index (χ4n) is 2.80. The third kappa shape index (κ3) is 4.64. The van der Waals surface area contributed by atoms with Crippen LogP contribution in [0.3, 0.4) is 0 Å². The third-order valence-electron chi connectivity index (χ3n) is 4.37. The highest BCUT2D eigenvalue weighted by molar-refractivity contribution is 5.95. The van der Waals surface area contributed by atoms with Gasteiger partial charge in [-0.3, -0.25) is 4.79 Å². The number of morpholine rings is 1. The van der Waals surface area contributed by atoms with E-state index in [1.807, 2.05) is 0 Å². The van der Waals surface area contributed by atoms with E-state index in [1.165, 1.54) is 6.21 Å². The number of carbonyl (C=O) groups excluding carboxylic acids is 2. The van der Waals surface area contributed by atoms with E-state index in [-0.39, 0.29) is 12.7 Å². The molecule has 0 saturated carbocycles. The summed E-state index contributed by atoms with van der Waals surface area (Å²) in [5.41, 5.74) is 3.61. The van der Waals surface area contributed by atoms with Gasteiger partial charge in [-0.05, 0) is 48.0 Å². The van der Waals surface area contributed by atoms with Crippen molar-refractivity contribution in [1.82, 2.24) is 10.3 Å². The number of nitrogens with zero attached hydrogens (tertiary/aromatic N) is 2. The second kappa shape index (κ2) is 8.61. The smallest absolute Gasteiger partial charge is 0.415 e. The number of benzene rings is 2. The summed E-state index contributed by atoms with van der Waals surface area (Å²) in [4.78, 5) is 25.8. The number of rotatable bonds is 4. The molecule has 4 rings (SSSR count). The number of amides is 2. The summed E-state index contributed by atoms with van der Waals surface area (Å²) in [7, 11) is 0. The Hall–Kier alpha value is -3.59. The molecule has 2 aliphatic heterocycles. The van der Waals surface area contributed by atoms with Crippen LogP contribution >= 0.6 is 0 Å². The molecule has 0 bridgehead atoms. The van der Waals surface area contributed by atoms with Gasteiger partial charge in [-0.25, -0.2) is 10.2 Å². The largest absolute Gasteiger partial charge is 0.454 e. The summed E-state index contributed by atoms with van der Waals surface area (Å²) < 4.78 is 21.0. The molecule has 0 spiro atoms. The lowest BCUT2D eigenvalue weighted by molar-refractivity contribution is 0.0416. The van der Waals surface area contributed by atoms with Crippen molar-refractivity contribution in [2.24, 2.45) is 5.10 Å². The van der Waals surface area contributed by atoms with Gasteiger partial charge in [0.15, 0.2) is 11.5 Å². The van der Waals surface area contributed by atoms with Crippen LogP contribution in [0.1, 0.15) is 15.9 Å². The lowest BCUT2D eigenvalue weighted by Gasteiger charge is -2.25. The molecule has 1 fully saturated rings. The minimum absolute atomic E-state index is 0.149. The molecule has 150 valence electrons. The average Bonchev–Trinajstić information content (AvgIpc) is 3.23. The van der Waals surface area contributed by atoms with E-state index in [4.69, 9.17) is 18.9 Å². The third-order valence-corrected chi connectivity index (χ3v) is 4.37. The summed E-state index contributed by atoms with van der Waals surface area (Å²) in [5, 5.41) is 3.95. The molecule has 29 heavy (non-hydrogen) atoms. The van der Waals surface area contributed by atoms with E-state index < -0.39 is 6.09 Å². The lowest BCUT2D eigenvalue weighted by Crippen LogP contribution is -2.42. The van der Waals surface area contributed by atoms with E-state index in [2.05, 4.69) is 10.5 Å². The van der Waals surface area contributed by atoms with Crippen LogP contribution in [0.2, 0.25) is 0 Å². The van der Waals surface area contributed by atoms with Crippen molar-refractivity contribution in [3.8, 4) is 17.2 Å². The second-order valence-corrected chi connectivity index (χ2v) is 6.30. The summed E-state index contributed by atoms with van der Waals surface area (Å²) in [6.45, 7) is 2.22. The van der Waals surface area contributed by atoms with Gasteiger partial charge in [0.25, 0.3) is 5.91 Å². The molecule has 2 amide bonds. The molecule has 1 saturated heterocycles. The monoisotopic (exact) mass is 397 g/mol. The fraction of sp³-hybridized carbons (Fsp3) is 0.250. The number of hydrogen-bond donors (Lipinski definition) is 1. The number of ether oxygens (including phenoxy) is 4. The molecule has 2 aromatic rings. The first kappa shape index (κ1) is 18.8. The van der Waals surface area contributed by atoms with Gasteiger partial charge >= 0.3 is 6.09 Å². The molecule has 0 unspecified atom stereocenters. The van der Waals surface area contributed by atoms with Gasteiger partial charge in [0.05, 0.1) is 19.4 Å². The van der Waals surface area contributed by atoms with Crippen LogP contribution in [-0.4, -0.2) is 56.2 Å². The zero-order valence-corrected chi connectivity index (χ0v) is 15.5. The topological polar surface area (TPSA) is 98.7 Å². The van der Waals surface area contributed by atoms with Crippen molar-refractivity contribution < 1.29 is 28.5 Å². The van der Waals surface area contributed by atoms with Crippen molar-refractivity contribution in [3.05, 3.63) is 53.6 Å². The summed E-state index contributed by atoms with van der Waals surface area (Å²) >= 11 is 0. The highest BCUT2D eigenvalue weighted by Crippen LogP contribution is 2.32. The predicted molar refractivity (Wildman–Crippen MR) is 102 cm³/mol. The minimum Gasteiger partial charge on any atom is -0.454 e. The highest BCUT2D eigenvalue weighted by Gasteiger charge is 2.18. The maximum atomic E-state index is 12.2. The Morgan fingerprint density at radius 2 is 1.79 bits per heavy atom. The van der Waals surface area contributed by atoms with Gasteiger partial charge in [-0.15, -0.1) is 0 Å². The van der Waals surface area contributed by atoms with Gasteiger partial charge in [0, 0.05) is 18.7 Å². The van der Waals surface area contributed by atoms with Crippen molar-refractivity contribution in [1.29, 1.82) is 0 Å². The highest BCUT2D eigenvalue weighted by atomic mass is 16.7. The zero-order valence-electron chi connectivity index (χ0n) is 15.5. The summed E-state index contributed by atoms with van der Waals surface area (Å²) in [6, 6.07) is 11.7. The van der Waals surface area contributed by atoms with Crippen molar-refractivity contribution in [2.75, 3.05) is 33.1 Å². The number of fused-ring (bicyclic) bond motifs is 1. The molecule has 9 heteroatoms. The van der Waals surface area contributed by atoms with E-state index in [9.17, 15) is 9.59 Å². The quantitative estimate of drug-likeness (QED) is 0.626. The molecule has 0 aliphatic carbocycles. The maximum Gasteiger partial charge on any atom is 0.415 e. The molecular formula is C20H19N3O6. The van der Waals surface area contributed by atoms with E-state index in [0.29, 0.717) is 49.1 Å². The van der Waals surface area contributed by atoms with Crippen LogP contribution in [-0.2, 0) is 4.74 Å². The number of hydrogen-bond acceptors (Lipinski definition) is 7. The maximum absolute atomic E-state index is 12.2. The molecule has 9 nitrogen and oxygen atoms in total. The van der Waals surface area contributed by atoms with Crippen LogP contribution in [0.5, 0.6) is 17.2 Å². The summed E-state index contributed by atoms with van der Waals surface area (Å²) in [5.74, 6) is 1.21. The molecule has 1 N–H and O–H groups in total. The first-order chi connectivity index (χ1) is 14.2. The van der Waals surface area contributed by atoms with Crippen LogP contribution in [0, 0.1) is 0 Å². The van der Waals surface area contributed by atoms with Crippen LogP contribution in [0.25, 0.3) is 0 Å². The Morgan fingerprint density at radius 1 is 1.03 bits per heavy atom. The standard InChI is InChI=1S/C20H19N3O6/c24-19(15-3-6-17-18(11-15)28-13-27-17)22-21-12-14-1-4-16(5-2-14)29-20(25)23-7-9-26-10-8-23/h1-6,11-12H,7-10,13H2,(H,22,24)/b21-12+. The van der Waals surface area contributed by atoms with E-state index >= 15 is 0 Å². The molecule has 0 atom stereocenters. The number of nitrogens with one attached hydrogen (secondary N) is 1. The van der Waals surface area contributed by atoms with Crippen LogP contribution in [0.15, 0.2) is 47.6 Å². The van der Waals surface area contributed by atoms with Crippen molar-refractivity contribution in [2.45, 2.75) is 0 Å². The molecule has 0 radical (unpaired) electrons. The van der Waals surface area contributed by atoms with Gasteiger partial charge in [-0.2, -0.15) is 5.10 Å². The van der Waals surface area contributed by atoms with Crippen molar-refractivity contribution >= 4 is 18.2 Å². The van der Waals surface area contributed by atoms with Crippen LogP contribution < -0.4 is 19.6 Å².